The molecule has 0 radical (unpaired) electrons. The van der Waals surface area contributed by atoms with E-state index in [0.29, 0.717) is 13.0 Å². The summed E-state index contributed by atoms with van der Waals surface area (Å²) < 4.78 is 25.4. The number of hydrogen-bond acceptors (Lipinski definition) is 3. The molecule has 15 heavy (non-hydrogen) atoms. The van der Waals surface area contributed by atoms with Crippen molar-refractivity contribution >= 4 is 10.0 Å². The maximum atomic E-state index is 11.4. The molecule has 0 heterocycles. The highest BCUT2D eigenvalue weighted by Crippen LogP contribution is 1.98. The van der Waals surface area contributed by atoms with Crippen molar-refractivity contribution in [2.24, 2.45) is 0 Å². The van der Waals surface area contributed by atoms with Crippen LogP contribution in [0.25, 0.3) is 0 Å². The monoisotopic (exact) mass is 236 g/mol. The third-order valence-corrected chi connectivity index (χ3v) is 3.66. The molecule has 0 aliphatic heterocycles. The second kappa shape index (κ2) is 9.12. The average molecular weight is 236 g/mol. The molecule has 4 nitrogen and oxygen atoms in total. The summed E-state index contributed by atoms with van der Waals surface area (Å²) in [5, 5.41) is 2.93. The largest absolute Gasteiger partial charge is 0.320 e. The van der Waals surface area contributed by atoms with Crippen molar-refractivity contribution in [2.45, 2.75) is 39.0 Å². The van der Waals surface area contributed by atoms with Crippen LogP contribution in [0.1, 0.15) is 39.0 Å². The van der Waals surface area contributed by atoms with Crippen molar-refractivity contribution in [3.05, 3.63) is 0 Å². The maximum absolute atomic E-state index is 11.4. The first-order valence-electron chi connectivity index (χ1n) is 5.74. The third kappa shape index (κ3) is 10.2. The number of unbranched alkanes of at least 4 members (excludes halogenated alkanes) is 3. The molecule has 0 aromatic heterocycles. The van der Waals surface area contributed by atoms with Gasteiger partial charge < -0.3 is 5.32 Å². The first-order valence-corrected chi connectivity index (χ1v) is 7.39. The van der Waals surface area contributed by atoms with E-state index in [2.05, 4.69) is 17.0 Å². The van der Waals surface area contributed by atoms with Crippen molar-refractivity contribution in [3.8, 4) is 0 Å². The van der Waals surface area contributed by atoms with Crippen LogP contribution < -0.4 is 10.0 Å². The summed E-state index contributed by atoms with van der Waals surface area (Å²) in [6.07, 6.45) is 5.08. The summed E-state index contributed by atoms with van der Waals surface area (Å²) in [5.74, 6) is 0.224. The molecular weight excluding hydrogens is 212 g/mol. The molecule has 0 spiro atoms. The lowest BCUT2D eigenvalue weighted by Crippen LogP contribution is -2.28. The van der Waals surface area contributed by atoms with Gasteiger partial charge in [0.05, 0.1) is 5.75 Å². The summed E-state index contributed by atoms with van der Waals surface area (Å²) in [5.41, 5.74) is 0. The van der Waals surface area contributed by atoms with E-state index in [1.807, 2.05) is 7.05 Å². The van der Waals surface area contributed by atoms with Gasteiger partial charge in [-0.1, -0.05) is 26.2 Å². The quantitative estimate of drug-likeness (QED) is 0.558. The smallest absolute Gasteiger partial charge is 0.211 e. The van der Waals surface area contributed by atoms with Gasteiger partial charge in [0.25, 0.3) is 0 Å². The van der Waals surface area contributed by atoms with Crippen molar-refractivity contribution in [2.75, 3.05) is 25.9 Å². The lowest BCUT2D eigenvalue weighted by molar-refractivity contribution is 0.570. The van der Waals surface area contributed by atoms with Gasteiger partial charge >= 0.3 is 0 Å². The van der Waals surface area contributed by atoms with Crippen LogP contribution in [0, 0.1) is 0 Å². The highest BCUT2D eigenvalue weighted by Gasteiger charge is 2.07. The summed E-state index contributed by atoms with van der Waals surface area (Å²) in [4.78, 5) is 0. The standard InChI is InChI=1S/C10H24N2O2S/c1-3-4-5-6-9-12-15(13,14)10-7-8-11-2/h11-12H,3-10H2,1-2H3. The van der Waals surface area contributed by atoms with Crippen molar-refractivity contribution < 1.29 is 8.42 Å². The van der Waals surface area contributed by atoms with Gasteiger partial charge in [0.15, 0.2) is 0 Å². The fraction of sp³-hybridized carbons (Fsp3) is 1.00. The highest BCUT2D eigenvalue weighted by molar-refractivity contribution is 7.89. The molecule has 0 aliphatic rings. The second-order valence-corrected chi connectivity index (χ2v) is 5.66. The van der Waals surface area contributed by atoms with E-state index < -0.39 is 10.0 Å². The number of rotatable bonds is 10. The van der Waals surface area contributed by atoms with Gasteiger partial charge in [-0.2, -0.15) is 0 Å². The first kappa shape index (κ1) is 14.9. The molecule has 0 aromatic rings. The Morgan fingerprint density at radius 1 is 1.00 bits per heavy atom. The Kier molecular flexibility index (Phi) is 9.04. The van der Waals surface area contributed by atoms with Gasteiger partial charge in [-0.05, 0) is 26.4 Å². The predicted octanol–water partition coefficient (Wildman–Crippen LogP) is 1.10. The number of hydrogen-bond donors (Lipinski definition) is 2. The van der Waals surface area contributed by atoms with Crippen LogP contribution in [-0.4, -0.2) is 34.3 Å². The van der Waals surface area contributed by atoms with Crippen LogP contribution in [0.15, 0.2) is 0 Å². The van der Waals surface area contributed by atoms with Crippen LogP contribution in [-0.2, 0) is 10.0 Å². The van der Waals surface area contributed by atoms with Crippen molar-refractivity contribution in [3.63, 3.8) is 0 Å². The maximum Gasteiger partial charge on any atom is 0.211 e. The van der Waals surface area contributed by atoms with E-state index in [1.165, 1.54) is 12.8 Å². The van der Waals surface area contributed by atoms with Gasteiger partial charge in [0.1, 0.15) is 0 Å². The molecule has 0 bridgehead atoms. The Morgan fingerprint density at radius 3 is 2.33 bits per heavy atom. The van der Waals surface area contributed by atoms with Gasteiger partial charge in [0.2, 0.25) is 10.0 Å². The summed E-state index contributed by atoms with van der Waals surface area (Å²) in [6, 6.07) is 0. The molecule has 5 heteroatoms. The molecule has 2 N–H and O–H groups in total. The van der Waals surface area contributed by atoms with E-state index in [4.69, 9.17) is 0 Å². The number of sulfonamides is 1. The molecule has 92 valence electrons. The van der Waals surface area contributed by atoms with Crippen LogP contribution >= 0.6 is 0 Å². The summed E-state index contributed by atoms with van der Waals surface area (Å²) in [6.45, 7) is 3.47. The SMILES string of the molecule is CCCCCCNS(=O)(=O)CCCNC. The Morgan fingerprint density at radius 2 is 1.73 bits per heavy atom. The van der Waals surface area contributed by atoms with E-state index in [9.17, 15) is 8.42 Å². The van der Waals surface area contributed by atoms with Gasteiger partial charge in [-0.15, -0.1) is 0 Å². The zero-order valence-corrected chi connectivity index (χ0v) is 10.7. The Hall–Kier alpha value is -0.130. The molecule has 0 atom stereocenters. The van der Waals surface area contributed by atoms with Gasteiger partial charge in [-0.3, -0.25) is 0 Å². The van der Waals surface area contributed by atoms with Crippen molar-refractivity contribution in [1.82, 2.24) is 10.0 Å². The van der Waals surface area contributed by atoms with Crippen LogP contribution in [0.4, 0.5) is 0 Å². The minimum absolute atomic E-state index is 0.224. The average Bonchev–Trinajstić information content (AvgIpc) is 2.17. The highest BCUT2D eigenvalue weighted by atomic mass is 32.2. The minimum Gasteiger partial charge on any atom is -0.320 e. The van der Waals surface area contributed by atoms with E-state index in [0.717, 1.165) is 19.4 Å². The van der Waals surface area contributed by atoms with Crippen LogP contribution in [0.3, 0.4) is 0 Å². The summed E-state index contributed by atoms with van der Waals surface area (Å²) in [7, 11) is -1.21. The molecule has 0 amide bonds. The Balaban J connectivity index is 3.47. The fourth-order valence-corrected chi connectivity index (χ4v) is 2.41. The van der Waals surface area contributed by atoms with Gasteiger partial charge in [0, 0.05) is 6.54 Å². The predicted molar refractivity (Wildman–Crippen MR) is 64.5 cm³/mol. The molecule has 0 aromatic carbocycles. The third-order valence-electron chi connectivity index (χ3n) is 2.19. The molecule has 0 fully saturated rings. The van der Waals surface area contributed by atoms with E-state index in [-0.39, 0.29) is 5.75 Å². The zero-order chi connectivity index (χ0) is 11.6. The molecule has 0 saturated heterocycles. The zero-order valence-electron chi connectivity index (χ0n) is 9.88. The molecular formula is C10H24N2O2S. The lowest BCUT2D eigenvalue weighted by Gasteiger charge is -2.06. The van der Waals surface area contributed by atoms with E-state index in [1.54, 1.807) is 0 Å². The number of nitrogens with one attached hydrogen (secondary N) is 2. The normalized spacial score (nSPS) is 11.9. The van der Waals surface area contributed by atoms with Crippen molar-refractivity contribution in [1.29, 1.82) is 0 Å². The fourth-order valence-electron chi connectivity index (χ4n) is 1.29. The van der Waals surface area contributed by atoms with Gasteiger partial charge in [-0.25, -0.2) is 13.1 Å². The molecule has 0 unspecified atom stereocenters. The van der Waals surface area contributed by atoms with Crippen LogP contribution in [0.5, 0.6) is 0 Å². The topological polar surface area (TPSA) is 58.2 Å². The van der Waals surface area contributed by atoms with Crippen LogP contribution in [0.2, 0.25) is 0 Å². The Bertz CT molecular complexity index is 228. The summed E-state index contributed by atoms with van der Waals surface area (Å²) >= 11 is 0. The molecule has 0 saturated carbocycles. The second-order valence-electron chi connectivity index (χ2n) is 3.73. The minimum atomic E-state index is -3.03. The lowest BCUT2D eigenvalue weighted by atomic mass is 10.2. The van der Waals surface area contributed by atoms with E-state index >= 15 is 0 Å². The Labute approximate surface area is 93.9 Å². The first-order chi connectivity index (χ1) is 7.12. The molecule has 0 aliphatic carbocycles. The molecule has 0 rings (SSSR count).